The predicted octanol–water partition coefficient (Wildman–Crippen LogP) is 3.36. The van der Waals surface area contributed by atoms with E-state index in [-0.39, 0.29) is 11.8 Å². The Balaban J connectivity index is 3.90. The van der Waals surface area contributed by atoms with Gasteiger partial charge in [-0.2, -0.15) is 0 Å². The Hall–Kier alpha value is -0.860. The Kier molecular flexibility index (Phi) is 8.73. The van der Waals surface area contributed by atoms with E-state index in [1.54, 1.807) is 6.92 Å². The molecule has 2 atom stereocenters. The van der Waals surface area contributed by atoms with Crippen LogP contribution in [-0.4, -0.2) is 18.4 Å². The van der Waals surface area contributed by atoms with Gasteiger partial charge in [0.15, 0.2) is 0 Å². The molecule has 0 bridgehead atoms. The quantitative estimate of drug-likeness (QED) is 0.354. The highest BCUT2D eigenvalue weighted by Gasteiger charge is 2.22. The molecule has 100 valence electrons. The van der Waals surface area contributed by atoms with Gasteiger partial charge in [0.1, 0.15) is 11.7 Å². The minimum absolute atomic E-state index is 0.00629. The van der Waals surface area contributed by atoms with Crippen LogP contribution in [0.3, 0.4) is 0 Å². The topological polar surface area (TPSA) is 43.4 Å². The molecule has 0 aromatic heterocycles. The van der Waals surface area contributed by atoms with Gasteiger partial charge in [0.25, 0.3) is 0 Å². The Morgan fingerprint density at radius 3 is 2.35 bits per heavy atom. The number of ketones is 1. The number of carbonyl (C=O) groups is 2. The third-order valence-corrected chi connectivity index (χ3v) is 3.16. The van der Waals surface area contributed by atoms with E-state index < -0.39 is 5.92 Å². The standard InChI is InChI=1S/C14H26O3/c1-5-7-10-17-14(16)12(4)13(15)9-8-11(3)6-2/h11-12H,5-10H2,1-4H3/t11-,12-/m1/s1. The van der Waals surface area contributed by atoms with Crippen LogP contribution >= 0.6 is 0 Å². The fraction of sp³-hybridized carbons (Fsp3) is 0.857. The molecule has 0 saturated carbocycles. The maximum Gasteiger partial charge on any atom is 0.316 e. The summed E-state index contributed by atoms with van der Waals surface area (Å²) in [6, 6.07) is 0. The summed E-state index contributed by atoms with van der Waals surface area (Å²) >= 11 is 0. The number of ether oxygens (including phenoxy) is 1. The summed E-state index contributed by atoms with van der Waals surface area (Å²) in [5, 5.41) is 0. The summed E-state index contributed by atoms with van der Waals surface area (Å²) in [4.78, 5) is 23.3. The smallest absolute Gasteiger partial charge is 0.316 e. The third kappa shape index (κ3) is 7.14. The molecule has 0 amide bonds. The molecular formula is C14H26O3. The Bertz CT molecular complexity index is 236. The van der Waals surface area contributed by atoms with Crippen molar-refractivity contribution in [1.29, 1.82) is 0 Å². The van der Waals surface area contributed by atoms with Crippen molar-refractivity contribution in [2.24, 2.45) is 11.8 Å². The van der Waals surface area contributed by atoms with E-state index >= 15 is 0 Å². The van der Waals surface area contributed by atoms with Crippen LogP contribution in [0.15, 0.2) is 0 Å². The monoisotopic (exact) mass is 242 g/mol. The fourth-order valence-corrected chi connectivity index (χ4v) is 1.38. The van der Waals surface area contributed by atoms with Crippen molar-refractivity contribution in [3.63, 3.8) is 0 Å². The van der Waals surface area contributed by atoms with E-state index in [1.807, 2.05) is 6.92 Å². The number of rotatable bonds is 9. The van der Waals surface area contributed by atoms with Crippen LogP contribution in [0, 0.1) is 11.8 Å². The lowest BCUT2D eigenvalue weighted by Gasteiger charge is -2.12. The van der Waals surface area contributed by atoms with E-state index in [4.69, 9.17) is 4.74 Å². The number of hydrogen-bond donors (Lipinski definition) is 0. The lowest BCUT2D eigenvalue weighted by molar-refractivity contribution is -0.151. The maximum atomic E-state index is 11.7. The van der Waals surface area contributed by atoms with Gasteiger partial charge in [-0.05, 0) is 25.7 Å². The van der Waals surface area contributed by atoms with Crippen LogP contribution in [0.2, 0.25) is 0 Å². The summed E-state index contributed by atoms with van der Waals surface area (Å²) in [5.41, 5.74) is 0. The average Bonchev–Trinajstić information content (AvgIpc) is 2.34. The van der Waals surface area contributed by atoms with E-state index in [2.05, 4.69) is 13.8 Å². The molecule has 0 heterocycles. The summed E-state index contributed by atoms with van der Waals surface area (Å²) in [7, 11) is 0. The highest BCUT2D eigenvalue weighted by molar-refractivity contribution is 5.98. The average molecular weight is 242 g/mol. The van der Waals surface area contributed by atoms with Gasteiger partial charge >= 0.3 is 5.97 Å². The van der Waals surface area contributed by atoms with Crippen molar-refractivity contribution in [2.45, 2.75) is 59.8 Å². The molecule has 0 aromatic carbocycles. The highest BCUT2D eigenvalue weighted by atomic mass is 16.5. The molecule has 0 fully saturated rings. The molecule has 0 N–H and O–H groups in total. The SMILES string of the molecule is CCCCOC(=O)[C@H](C)C(=O)CC[C@H](C)CC. The largest absolute Gasteiger partial charge is 0.465 e. The molecule has 0 aliphatic rings. The Labute approximate surface area is 105 Å². The van der Waals surface area contributed by atoms with Gasteiger partial charge < -0.3 is 4.74 Å². The van der Waals surface area contributed by atoms with Crippen molar-refractivity contribution < 1.29 is 14.3 Å². The van der Waals surface area contributed by atoms with E-state index in [0.29, 0.717) is 18.9 Å². The summed E-state index contributed by atoms with van der Waals surface area (Å²) in [6.45, 7) is 8.34. The molecular weight excluding hydrogens is 216 g/mol. The third-order valence-electron chi connectivity index (χ3n) is 3.16. The molecule has 17 heavy (non-hydrogen) atoms. The van der Waals surface area contributed by atoms with Gasteiger partial charge in [-0.15, -0.1) is 0 Å². The minimum atomic E-state index is -0.601. The first-order chi connectivity index (χ1) is 8.02. The predicted molar refractivity (Wildman–Crippen MR) is 68.7 cm³/mol. The van der Waals surface area contributed by atoms with Crippen molar-refractivity contribution in [1.82, 2.24) is 0 Å². The van der Waals surface area contributed by atoms with Gasteiger partial charge in [0, 0.05) is 6.42 Å². The highest BCUT2D eigenvalue weighted by Crippen LogP contribution is 2.13. The number of unbranched alkanes of at least 4 members (excludes halogenated alkanes) is 1. The van der Waals surface area contributed by atoms with Gasteiger partial charge in [-0.25, -0.2) is 0 Å². The van der Waals surface area contributed by atoms with Gasteiger partial charge in [-0.1, -0.05) is 33.6 Å². The van der Waals surface area contributed by atoms with Gasteiger partial charge in [0.05, 0.1) is 6.61 Å². The summed E-state index contributed by atoms with van der Waals surface area (Å²) < 4.78 is 5.04. The first kappa shape index (κ1) is 16.1. The first-order valence-corrected chi connectivity index (χ1v) is 6.72. The molecule has 0 saturated heterocycles. The lowest BCUT2D eigenvalue weighted by atomic mass is 9.96. The van der Waals surface area contributed by atoms with Crippen LogP contribution < -0.4 is 0 Å². The van der Waals surface area contributed by atoms with Crippen LogP contribution in [-0.2, 0) is 14.3 Å². The number of carbonyl (C=O) groups excluding carboxylic acids is 2. The van der Waals surface area contributed by atoms with Crippen molar-refractivity contribution in [2.75, 3.05) is 6.61 Å². The van der Waals surface area contributed by atoms with Gasteiger partial charge in [-0.3, -0.25) is 9.59 Å². The van der Waals surface area contributed by atoms with E-state index in [9.17, 15) is 9.59 Å². The normalized spacial score (nSPS) is 14.1. The van der Waals surface area contributed by atoms with Crippen LogP contribution in [0.25, 0.3) is 0 Å². The second-order valence-corrected chi connectivity index (χ2v) is 4.76. The van der Waals surface area contributed by atoms with E-state index in [0.717, 1.165) is 25.7 Å². The summed E-state index contributed by atoms with van der Waals surface area (Å²) in [5.74, 6) is -0.419. The molecule has 0 unspecified atom stereocenters. The van der Waals surface area contributed by atoms with Gasteiger partial charge in [0.2, 0.25) is 0 Å². The van der Waals surface area contributed by atoms with Crippen LogP contribution in [0.4, 0.5) is 0 Å². The number of hydrogen-bond acceptors (Lipinski definition) is 3. The first-order valence-electron chi connectivity index (χ1n) is 6.72. The van der Waals surface area contributed by atoms with Crippen LogP contribution in [0.1, 0.15) is 59.8 Å². The molecule has 0 spiro atoms. The summed E-state index contributed by atoms with van der Waals surface area (Å²) in [6.07, 6.45) is 4.27. The van der Waals surface area contributed by atoms with Crippen molar-refractivity contribution >= 4 is 11.8 Å². The second-order valence-electron chi connectivity index (χ2n) is 4.76. The molecule has 0 radical (unpaired) electrons. The zero-order chi connectivity index (χ0) is 13.3. The van der Waals surface area contributed by atoms with Crippen molar-refractivity contribution in [3.05, 3.63) is 0 Å². The molecule has 3 heteroatoms. The molecule has 0 aromatic rings. The van der Waals surface area contributed by atoms with E-state index in [1.165, 1.54) is 0 Å². The minimum Gasteiger partial charge on any atom is -0.465 e. The maximum absolute atomic E-state index is 11.7. The number of Topliss-reactive ketones (excluding diaryl/α,β-unsaturated/α-hetero) is 1. The lowest BCUT2D eigenvalue weighted by Crippen LogP contribution is -2.24. The zero-order valence-electron chi connectivity index (χ0n) is 11.6. The van der Waals surface area contributed by atoms with Crippen LogP contribution in [0.5, 0.6) is 0 Å². The number of esters is 1. The Morgan fingerprint density at radius 2 is 1.82 bits per heavy atom. The molecule has 3 nitrogen and oxygen atoms in total. The second kappa shape index (κ2) is 9.20. The molecule has 0 rings (SSSR count). The zero-order valence-corrected chi connectivity index (χ0v) is 11.6. The molecule has 0 aliphatic carbocycles. The molecule has 0 aliphatic heterocycles. The van der Waals surface area contributed by atoms with Crippen molar-refractivity contribution in [3.8, 4) is 0 Å². The Morgan fingerprint density at radius 1 is 1.18 bits per heavy atom. The fourth-order valence-electron chi connectivity index (χ4n) is 1.38.